The Morgan fingerprint density at radius 2 is 0.904 bits per heavy atom. The molecule has 52 heavy (non-hydrogen) atoms. The Kier molecular flexibility index (Phi) is 16.9. The summed E-state index contributed by atoms with van der Waals surface area (Å²) < 4.78 is 62.4. The van der Waals surface area contributed by atoms with Crippen LogP contribution < -0.4 is 0 Å². The molecule has 2 fully saturated rings. The number of esters is 7. The molecule has 0 amide bonds. The zero-order valence-corrected chi connectivity index (χ0v) is 30.7. The molecule has 0 spiro atoms. The van der Waals surface area contributed by atoms with Gasteiger partial charge >= 0.3 is 41.8 Å². The standard InChI is InChI=1S/C33H48NO18/c1-11-12-34(9,10)13-14-42-32-30(49-22(7)40)28(47-20(5)38)27(46-19(4)37)25(51-32)16-44-33-31(50-23(8)41)29(48-21(6)39)26(45-18(3)36)24(52-33)15-43-17(2)35/h1,24-33H,12-16H2,2-10H3/q+1/t24-,25-,26+,27-,28+,29+,30-,31-,32-,33+/m1/s1. The highest BCUT2D eigenvalue weighted by Crippen LogP contribution is 2.33. The maximum absolute atomic E-state index is 12.3. The lowest BCUT2D eigenvalue weighted by molar-refractivity contribution is -0.883. The van der Waals surface area contributed by atoms with Crippen LogP contribution in [0.25, 0.3) is 0 Å². The van der Waals surface area contributed by atoms with Crippen LogP contribution in [0, 0.1) is 12.3 Å². The minimum atomic E-state index is -1.64. The van der Waals surface area contributed by atoms with E-state index in [0.717, 1.165) is 48.5 Å². The van der Waals surface area contributed by atoms with Crippen LogP contribution in [0.5, 0.6) is 0 Å². The quantitative estimate of drug-likeness (QED) is 0.0827. The van der Waals surface area contributed by atoms with Crippen LogP contribution in [-0.2, 0) is 85.7 Å². The van der Waals surface area contributed by atoms with Gasteiger partial charge in [-0.15, -0.1) is 6.42 Å². The minimum absolute atomic E-state index is 0.00933. The van der Waals surface area contributed by atoms with Crippen LogP contribution in [0.2, 0.25) is 0 Å². The summed E-state index contributed by atoms with van der Waals surface area (Å²) in [7, 11) is 3.72. The van der Waals surface area contributed by atoms with E-state index in [-0.39, 0.29) is 6.61 Å². The summed E-state index contributed by atoms with van der Waals surface area (Å²) in [5.74, 6) is -3.17. The van der Waals surface area contributed by atoms with E-state index in [4.69, 9.17) is 58.5 Å². The number of hydrogen-bond acceptors (Lipinski definition) is 18. The fourth-order valence-corrected chi connectivity index (χ4v) is 5.38. The molecule has 0 saturated carbocycles. The van der Waals surface area contributed by atoms with E-state index >= 15 is 0 Å². The molecule has 0 bridgehead atoms. The molecule has 2 saturated heterocycles. The first-order valence-electron chi connectivity index (χ1n) is 16.2. The first-order chi connectivity index (χ1) is 24.2. The number of ether oxygens (including phenoxy) is 11. The van der Waals surface area contributed by atoms with Gasteiger partial charge in [-0.3, -0.25) is 33.6 Å². The van der Waals surface area contributed by atoms with Gasteiger partial charge in [0.1, 0.15) is 31.9 Å². The van der Waals surface area contributed by atoms with Crippen LogP contribution in [0.15, 0.2) is 0 Å². The molecule has 292 valence electrons. The van der Waals surface area contributed by atoms with Gasteiger partial charge in [0, 0.05) is 48.5 Å². The molecular weight excluding hydrogens is 698 g/mol. The Balaban J connectivity index is 2.57. The number of quaternary nitrogens is 1. The maximum Gasteiger partial charge on any atom is 0.303 e. The van der Waals surface area contributed by atoms with E-state index in [1.165, 1.54) is 0 Å². The fraction of sp³-hybridized carbons (Fsp3) is 0.727. The van der Waals surface area contributed by atoms with Gasteiger partial charge in [-0.1, -0.05) is 0 Å². The third-order valence-electron chi connectivity index (χ3n) is 7.37. The molecule has 2 heterocycles. The van der Waals surface area contributed by atoms with Gasteiger partial charge in [-0.2, -0.15) is 0 Å². The molecule has 0 N–H and O–H groups in total. The molecule has 2 aliphatic heterocycles. The summed E-state index contributed by atoms with van der Waals surface area (Å²) in [6.07, 6.45) is -9.24. The third kappa shape index (κ3) is 14.0. The van der Waals surface area contributed by atoms with Crippen molar-refractivity contribution < 1.29 is 90.2 Å². The van der Waals surface area contributed by atoms with Crippen LogP contribution >= 0.6 is 0 Å². The number of hydrogen-bond donors (Lipinski definition) is 0. The van der Waals surface area contributed by atoms with Crippen molar-refractivity contribution in [2.24, 2.45) is 0 Å². The Morgan fingerprint density at radius 3 is 1.29 bits per heavy atom. The van der Waals surface area contributed by atoms with Gasteiger partial charge in [0.15, 0.2) is 49.2 Å². The lowest BCUT2D eigenvalue weighted by atomic mass is 9.97. The van der Waals surface area contributed by atoms with Gasteiger partial charge in [0.05, 0.1) is 27.3 Å². The predicted octanol–water partition coefficient (Wildman–Crippen LogP) is -0.668. The van der Waals surface area contributed by atoms with E-state index < -0.39 is 116 Å². The van der Waals surface area contributed by atoms with Crippen LogP contribution in [0.1, 0.15) is 48.5 Å². The highest BCUT2D eigenvalue weighted by Gasteiger charge is 2.55. The number of likely N-dealkylation sites (N-methyl/N-ethyl adjacent to an activating group) is 1. The summed E-state index contributed by atoms with van der Waals surface area (Å²) in [4.78, 5) is 85.1. The zero-order chi connectivity index (χ0) is 39.3. The molecule has 19 nitrogen and oxygen atoms in total. The van der Waals surface area contributed by atoms with E-state index in [9.17, 15) is 33.6 Å². The summed E-state index contributed by atoms with van der Waals surface area (Å²) in [5.41, 5.74) is 0. The second-order valence-electron chi connectivity index (χ2n) is 12.6. The average molecular weight is 747 g/mol. The second kappa shape index (κ2) is 20.0. The molecule has 2 rings (SSSR count). The van der Waals surface area contributed by atoms with Crippen LogP contribution in [0.3, 0.4) is 0 Å². The van der Waals surface area contributed by atoms with Crippen LogP contribution in [0.4, 0.5) is 0 Å². The smallest absolute Gasteiger partial charge is 0.303 e. The van der Waals surface area contributed by atoms with Gasteiger partial charge in [-0.25, -0.2) is 0 Å². The van der Waals surface area contributed by atoms with Crippen molar-refractivity contribution in [3.63, 3.8) is 0 Å². The first kappa shape index (κ1) is 43.8. The zero-order valence-electron chi connectivity index (χ0n) is 30.7. The van der Waals surface area contributed by atoms with E-state index in [1.54, 1.807) is 0 Å². The summed E-state index contributed by atoms with van der Waals surface area (Å²) in [5, 5.41) is 0. The Hall–Kier alpha value is -4.35. The lowest BCUT2D eigenvalue weighted by Gasteiger charge is -2.46. The number of carbonyl (C=O) groups is 7. The topological polar surface area (TPSA) is 221 Å². The highest BCUT2D eigenvalue weighted by molar-refractivity contribution is 5.69. The van der Waals surface area contributed by atoms with Gasteiger partial charge in [-0.05, 0) is 5.92 Å². The summed E-state index contributed by atoms with van der Waals surface area (Å²) in [6, 6.07) is 0. The Bertz CT molecular complexity index is 1340. The molecular formula is C33H48NO18+. The van der Waals surface area contributed by atoms with Crippen molar-refractivity contribution in [1.29, 1.82) is 0 Å². The molecule has 2 aliphatic rings. The summed E-state index contributed by atoms with van der Waals surface area (Å²) >= 11 is 0. The number of rotatable bonds is 16. The molecule has 10 atom stereocenters. The fourth-order valence-electron chi connectivity index (χ4n) is 5.38. The number of terminal acetylenes is 1. The number of carbonyl (C=O) groups excluding carboxylic acids is 7. The molecule has 0 aromatic heterocycles. The molecule has 0 radical (unpaired) electrons. The molecule has 19 heteroatoms. The average Bonchev–Trinajstić information content (AvgIpc) is 2.99. The maximum atomic E-state index is 12.3. The van der Waals surface area contributed by atoms with Crippen molar-refractivity contribution in [2.45, 2.75) is 110 Å². The normalized spacial score (nSPS) is 28.6. The first-order valence-corrected chi connectivity index (χ1v) is 16.2. The van der Waals surface area contributed by atoms with Gasteiger partial charge < -0.3 is 56.6 Å². The van der Waals surface area contributed by atoms with E-state index in [1.807, 2.05) is 14.1 Å². The van der Waals surface area contributed by atoms with Crippen LogP contribution in [-0.4, -0.2) is 155 Å². The largest absolute Gasteiger partial charge is 0.463 e. The van der Waals surface area contributed by atoms with Crippen molar-refractivity contribution in [1.82, 2.24) is 0 Å². The van der Waals surface area contributed by atoms with Crippen molar-refractivity contribution in [2.75, 3.05) is 47.0 Å². The molecule has 0 unspecified atom stereocenters. The molecule has 0 aliphatic carbocycles. The van der Waals surface area contributed by atoms with Crippen molar-refractivity contribution >= 4 is 41.8 Å². The Labute approximate surface area is 301 Å². The van der Waals surface area contributed by atoms with Crippen molar-refractivity contribution in [3.8, 4) is 12.3 Å². The number of nitrogens with zero attached hydrogens (tertiary/aromatic N) is 1. The van der Waals surface area contributed by atoms with E-state index in [2.05, 4.69) is 5.92 Å². The van der Waals surface area contributed by atoms with Gasteiger partial charge in [0.25, 0.3) is 0 Å². The minimum Gasteiger partial charge on any atom is -0.463 e. The summed E-state index contributed by atoms with van der Waals surface area (Å²) in [6.45, 7) is 7.21. The predicted molar refractivity (Wildman–Crippen MR) is 170 cm³/mol. The van der Waals surface area contributed by atoms with E-state index in [0.29, 0.717) is 17.6 Å². The second-order valence-corrected chi connectivity index (χ2v) is 12.6. The lowest BCUT2D eigenvalue weighted by Crippen LogP contribution is -2.65. The highest BCUT2D eigenvalue weighted by atomic mass is 16.8. The van der Waals surface area contributed by atoms with Crippen molar-refractivity contribution in [3.05, 3.63) is 0 Å². The Morgan fingerprint density at radius 1 is 0.538 bits per heavy atom. The monoisotopic (exact) mass is 746 g/mol. The third-order valence-corrected chi connectivity index (χ3v) is 7.37. The molecule has 0 aromatic carbocycles. The molecule has 0 aromatic rings. The van der Waals surface area contributed by atoms with Gasteiger partial charge in [0.2, 0.25) is 0 Å². The SMILES string of the molecule is C#CC[N+](C)(C)CCO[C@@H]1O[C@H](CO[C@H]2O[C@H](COC(C)=O)[C@H](OC(C)=O)[C@H](OC(C)=O)[C@H]2OC(C)=O)[C@@H](OC(C)=O)[C@H](OC(C)=O)[C@H]1OC(C)=O.